The highest BCUT2D eigenvalue weighted by molar-refractivity contribution is 6.04. The average Bonchev–Trinajstić information content (AvgIpc) is 3.15. The van der Waals surface area contributed by atoms with Crippen molar-refractivity contribution in [3.05, 3.63) is 42.0 Å². The molecule has 1 fully saturated rings. The Morgan fingerprint density at radius 3 is 2.41 bits per heavy atom. The molecule has 1 aliphatic rings. The van der Waals surface area contributed by atoms with Gasteiger partial charge in [0.2, 0.25) is 11.8 Å². The molecule has 2 aromatic carbocycles. The minimum atomic E-state index is -4.57. The van der Waals surface area contributed by atoms with E-state index in [1.807, 2.05) is 0 Å². The Morgan fingerprint density at radius 2 is 1.78 bits per heavy atom. The van der Waals surface area contributed by atoms with Gasteiger partial charge in [0.05, 0.1) is 38.0 Å². The van der Waals surface area contributed by atoms with Crippen LogP contribution in [0.1, 0.15) is 18.9 Å². The molecule has 1 atom stereocenters. The Hall–Kier alpha value is -3.43. The molecule has 0 aliphatic carbocycles. The molecule has 2 amide bonds. The number of hydrogen-bond acceptors (Lipinski definition) is 5. The number of methoxy groups -OCH3 is 2. The van der Waals surface area contributed by atoms with E-state index < -0.39 is 23.6 Å². The number of benzene rings is 2. The Bertz CT molecular complexity index is 1010. The van der Waals surface area contributed by atoms with Crippen molar-refractivity contribution in [3.8, 4) is 17.2 Å². The zero-order valence-electron chi connectivity index (χ0n) is 17.8. The van der Waals surface area contributed by atoms with Gasteiger partial charge in [0.15, 0.2) is 11.5 Å². The fourth-order valence-corrected chi connectivity index (χ4v) is 3.45. The highest BCUT2D eigenvalue weighted by Gasteiger charge is 2.36. The van der Waals surface area contributed by atoms with Crippen LogP contribution in [-0.4, -0.2) is 39.2 Å². The summed E-state index contributed by atoms with van der Waals surface area (Å²) < 4.78 is 55.1. The van der Waals surface area contributed by atoms with E-state index >= 15 is 0 Å². The summed E-state index contributed by atoms with van der Waals surface area (Å²) in [6.45, 7) is 1.96. The van der Waals surface area contributed by atoms with Crippen molar-refractivity contribution in [3.63, 3.8) is 0 Å². The number of nitrogens with zero attached hydrogens (tertiary/aromatic N) is 1. The maximum atomic E-state index is 13.1. The number of ether oxygens (including phenoxy) is 3. The Balaban J connectivity index is 1.79. The molecule has 0 radical (unpaired) electrons. The molecule has 1 unspecified atom stereocenters. The molecule has 10 heteroatoms. The summed E-state index contributed by atoms with van der Waals surface area (Å²) >= 11 is 0. The molecule has 32 heavy (non-hydrogen) atoms. The molecule has 1 N–H and O–H groups in total. The predicted octanol–water partition coefficient (Wildman–Crippen LogP) is 4.11. The summed E-state index contributed by atoms with van der Waals surface area (Å²) in [7, 11) is 2.96. The molecule has 172 valence electrons. The molecule has 0 saturated carbocycles. The number of halogens is 3. The topological polar surface area (TPSA) is 77.1 Å². The van der Waals surface area contributed by atoms with E-state index in [1.54, 1.807) is 25.1 Å². The van der Waals surface area contributed by atoms with E-state index in [0.717, 1.165) is 18.2 Å². The lowest BCUT2D eigenvalue weighted by Gasteiger charge is -2.19. The van der Waals surface area contributed by atoms with Crippen LogP contribution in [0.5, 0.6) is 17.2 Å². The second kappa shape index (κ2) is 9.37. The summed E-state index contributed by atoms with van der Waals surface area (Å²) in [5.41, 5.74) is -0.480. The van der Waals surface area contributed by atoms with Crippen LogP contribution in [0, 0.1) is 5.92 Å². The van der Waals surface area contributed by atoms with E-state index in [-0.39, 0.29) is 36.9 Å². The molecule has 3 rings (SSSR count). The van der Waals surface area contributed by atoms with Crippen LogP contribution in [0.4, 0.5) is 24.5 Å². The predicted molar refractivity (Wildman–Crippen MR) is 111 cm³/mol. The standard InChI is InChI=1S/C22H23F3N2O5/c1-4-32-17-7-5-14(22(23,24)25)10-16(17)26-21(29)13-9-20(28)27(12-13)15-6-8-18(30-2)19(11-15)31-3/h5-8,10-11,13H,4,9,12H2,1-3H3,(H,26,29). The Labute approximate surface area is 183 Å². The smallest absolute Gasteiger partial charge is 0.416 e. The second-order valence-corrected chi connectivity index (χ2v) is 7.08. The number of carbonyl (C=O) groups excluding carboxylic acids is 2. The van der Waals surface area contributed by atoms with Crippen molar-refractivity contribution >= 4 is 23.2 Å². The fraction of sp³-hybridized carbons (Fsp3) is 0.364. The highest BCUT2D eigenvalue weighted by Crippen LogP contribution is 2.37. The van der Waals surface area contributed by atoms with Crippen molar-refractivity contribution in [2.45, 2.75) is 19.5 Å². The van der Waals surface area contributed by atoms with Crippen LogP contribution in [-0.2, 0) is 15.8 Å². The van der Waals surface area contributed by atoms with E-state index in [9.17, 15) is 22.8 Å². The number of rotatable bonds is 7. The maximum Gasteiger partial charge on any atom is 0.416 e. The third-order valence-electron chi connectivity index (χ3n) is 5.04. The van der Waals surface area contributed by atoms with Gasteiger partial charge >= 0.3 is 6.18 Å². The van der Waals surface area contributed by atoms with Gasteiger partial charge in [0.1, 0.15) is 5.75 Å². The van der Waals surface area contributed by atoms with Gasteiger partial charge in [-0.3, -0.25) is 9.59 Å². The number of carbonyl (C=O) groups is 2. The number of amides is 2. The monoisotopic (exact) mass is 452 g/mol. The molecule has 0 bridgehead atoms. The largest absolute Gasteiger partial charge is 0.493 e. The van der Waals surface area contributed by atoms with Gasteiger partial charge in [-0.05, 0) is 37.3 Å². The quantitative estimate of drug-likeness (QED) is 0.684. The first-order valence-corrected chi connectivity index (χ1v) is 9.85. The lowest BCUT2D eigenvalue weighted by atomic mass is 10.1. The first-order chi connectivity index (χ1) is 15.2. The van der Waals surface area contributed by atoms with Gasteiger partial charge in [0, 0.05) is 24.7 Å². The first kappa shape index (κ1) is 23.2. The minimum absolute atomic E-state index is 0.0725. The van der Waals surface area contributed by atoms with Gasteiger partial charge in [-0.1, -0.05) is 0 Å². The van der Waals surface area contributed by atoms with E-state index in [2.05, 4.69) is 5.32 Å². The van der Waals surface area contributed by atoms with E-state index in [1.165, 1.54) is 19.1 Å². The van der Waals surface area contributed by atoms with Crippen LogP contribution in [0.25, 0.3) is 0 Å². The van der Waals surface area contributed by atoms with Crippen LogP contribution in [0.2, 0.25) is 0 Å². The normalized spacial score (nSPS) is 16.1. The molecule has 1 aliphatic heterocycles. The molecule has 0 spiro atoms. The molecule has 2 aromatic rings. The maximum absolute atomic E-state index is 13.1. The van der Waals surface area contributed by atoms with E-state index in [4.69, 9.17) is 14.2 Å². The number of anilines is 2. The summed E-state index contributed by atoms with van der Waals surface area (Å²) in [6, 6.07) is 7.81. The number of alkyl halides is 3. The van der Waals surface area contributed by atoms with Crippen molar-refractivity contribution in [1.82, 2.24) is 0 Å². The van der Waals surface area contributed by atoms with Crippen molar-refractivity contribution < 1.29 is 37.0 Å². The van der Waals surface area contributed by atoms with Crippen molar-refractivity contribution in [2.75, 3.05) is 37.6 Å². The SMILES string of the molecule is CCOc1ccc(C(F)(F)F)cc1NC(=O)C1CC(=O)N(c2ccc(OC)c(OC)c2)C1. The molecular weight excluding hydrogens is 429 g/mol. The summed E-state index contributed by atoms with van der Waals surface area (Å²) in [4.78, 5) is 26.8. The molecule has 0 aromatic heterocycles. The highest BCUT2D eigenvalue weighted by atomic mass is 19.4. The van der Waals surface area contributed by atoms with Gasteiger partial charge < -0.3 is 24.4 Å². The lowest BCUT2D eigenvalue weighted by Crippen LogP contribution is -2.28. The van der Waals surface area contributed by atoms with Gasteiger partial charge in [-0.25, -0.2) is 0 Å². The first-order valence-electron chi connectivity index (χ1n) is 9.85. The third kappa shape index (κ3) is 4.90. The van der Waals surface area contributed by atoms with Crippen LogP contribution >= 0.6 is 0 Å². The Kier molecular flexibility index (Phi) is 6.81. The zero-order valence-corrected chi connectivity index (χ0v) is 17.8. The summed E-state index contributed by atoms with van der Waals surface area (Å²) in [6.07, 6.45) is -4.65. The lowest BCUT2D eigenvalue weighted by molar-refractivity contribution is -0.137. The van der Waals surface area contributed by atoms with Crippen LogP contribution < -0.4 is 24.4 Å². The summed E-state index contributed by atoms with van der Waals surface area (Å²) in [5.74, 6) is -0.566. The van der Waals surface area contributed by atoms with Gasteiger partial charge in [-0.2, -0.15) is 13.2 Å². The Morgan fingerprint density at radius 1 is 1.09 bits per heavy atom. The van der Waals surface area contributed by atoms with Crippen LogP contribution in [0.3, 0.4) is 0 Å². The van der Waals surface area contributed by atoms with Crippen LogP contribution in [0.15, 0.2) is 36.4 Å². The fourth-order valence-electron chi connectivity index (χ4n) is 3.45. The molecule has 1 heterocycles. The van der Waals surface area contributed by atoms with Crippen molar-refractivity contribution in [2.24, 2.45) is 5.92 Å². The second-order valence-electron chi connectivity index (χ2n) is 7.08. The molecule has 7 nitrogen and oxygen atoms in total. The summed E-state index contributed by atoms with van der Waals surface area (Å²) in [5, 5.41) is 2.50. The molecule has 1 saturated heterocycles. The van der Waals surface area contributed by atoms with E-state index in [0.29, 0.717) is 17.2 Å². The van der Waals surface area contributed by atoms with Gasteiger partial charge in [-0.15, -0.1) is 0 Å². The zero-order chi connectivity index (χ0) is 23.5. The van der Waals surface area contributed by atoms with Crippen molar-refractivity contribution in [1.29, 1.82) is 0 Å². The van der Waals surface area contributed by atoms with Gasteiger partial charge in [0.25, 0.3) is 0 Å². The number of hydrogen-bond donors (Lipinski definition) is 1. The minimum Gasteiger partial charge on any atom is -0.493 e. The third-order valence-corrected chi connectivity index (χ3v) is 5.04. The average molecular weight is 452 g/mol. The number of nitrogens with one attached hydrogen (secondary N) is 1. The molecular formula is C22H23F3N2O5.